The molecule has 2 rings (SSSR count). The summed E-state index contributed by atoms with van der Waals surface area (Å²) in [5.41, 5.74) is -0.274. The summed E-state index contributed by atoms with van der Waals surface area (Å²) in [5.74, 6) is -0.415. The quantitative estimate of drug-likeness (QED) is 0.819. The molecule has 88 valence electrons. The lowest BCUT2D eigenvalue weighted by molar-refractivity contribution is 0.151. The standard InChI is InChI=1S/C12H14F3N/c1-12(5-2-6-16-12)9-7-8(11(14)15)3-4-10(9)13/h3-4,7,11,16H,2,5-6H2,1H3. The molecule has 1 atom stereocenters. The van der Waals surface area contributed by atoms with Gasteiger partial charge in [-0.1, -0.05) is 6.07 Å². The third-order valence-corrected chi connectivity index (χ3v) is 3.21. The Balaban J connectivity index is 2.42. The first-order chi connectivity index (χ1) is 7.53. The van der Waals surface area contributed by atoms with Gasteiger partial charge in [-0.25, -0.2) is 13.2 Å². The van der Waals surface area contributed by atoms with E-state index < -0.39 is 17.8 Å². The van der Waals surface area contributed by atoms with Crippen molar-refractivity contribution in [2.45, 2.75) is 31.7 Å². The maximum Gasteiger partial charge on any atom is 0.263 e. The number of nitrogens with one attached hydrogen (secondary N) is 1. The molecule has 1 fully saturated rings. The molecular formula is C12H14F3N. The van der Waals surface area contributed by atoms with Gasteiger partial charge in [0.25, 0.3) is 6.43 Å². The van der Waals surface area contributed by atoms with Crippen molar-refractivity contribution in [3.05, 3.63) is 35.1 Å². The van der Waals surface area contributed by atoms with E-state index in [0.29, 0.717) is 5.56 Å². The summed E-state index contributed by atoms with van der Waals surface area (Å²) >= 11 is 0. The van der Waals surface area contributed by atoms with E-state index in [4.69, 9.17) is 0 Å². The Kier molecular flexibility index (Phi) is 2.93. The third-order valence-electron chi connectivity index (χ3n) is 3.21. The summed E-state index contributed by atoms with van der Waals surface area (Å²) in [6.45, 7) is 2.66. The van der Waals surface area contributed by atoms with E-state index in [1.807, 2.05) is 6.92 Å². The van der Waals surface area contributed by atoms with Gasteiger partial charge in [-0.15, -0.1) is 0 Å². The predicted molar refractivity (Wildman–Crippen MR) is 55.9 cm³/mol. The number of hydrogen-bond donors (Lipinski definition) is 1. The first-order valence-electron chi connectivity index (χ1n) is 5.36. The monoisotopic (exact) mass is 229 g/mol. The normalized spacial score (nSPS) is 25.3. The Morgan fingerprint density at radius 1 is 1.38 bits per heavy atom. The van der Waals surface area contributed by atoms with Crippen molar-refractivity contribution in [2.75, 3.05) is 6.54 Å². The van der Waals surface area contributed by atoms with Gasteiger partial charge in [0.1, 0.15) is 5.82 Å². The summed E-state index contributed by atoms with van der Waals surface area (Å²) in [6, 6.07) is 3.54. The first-order valence-corrected chi connectivity index (χ1v) is 5.36. The van der Waals surface area contributed by atoms with Crippen LogP contribution in [0.3, 0.4) is 0 Å². The molecule has 1 unspecified atom stereocenters. The molecule has 0 bridgehead atoms. The summed E-state index contributed by atoms with van der Waals surface area (Å²) in [4.78, 5) is 0. The van der Waals surface area contributed by atoms with Gasteiger partial charge in [0.15, 0.2) is 0 Å². The zero-order valence-corrected chi connectivity index (χ0v) is 9.06. The average molecular weight is 229 g/mol. The van der Waals surface area contributed by atoms with Crippen LogP contribution in [0.4, 0.5) is 13.2 Å². The van der Waals surface area contributed by atoms with Crippen LogP contribution in [0, 0.1) is 5.82 Å². The second-order valence-corrected chi connectivity index (χ2v) is 4.40. The molecule has 0 aliphatic carbocycles. The van der Waals surface area contributed by atoms with Gasteiger partial charge in [-0.2, -0.15) is 0 Å². The van der Waals surface area contributed by atoms with Crippen molar-refractivity contribution < 1.29 is 13.2 Å². The number of halogens is 3. The summed E-state index contributed by atoms with van der Waals surface area (Å²) in [5, 5.41) is 3.17. The van der Waals surface area contributed by atoms with Crippen molar-refractivity contribution in [1.29, 1.82) is 0 Å². The Labute approximate surface area is 92.7 Å². The molecule has 0 amide bonds. The number of rotatable bonds is 2. The maximum atomic E-state index is 13.6. The van der Waals surface area contributed by atoms with Gasteiger partial charge in [0, 0.05) is 16.7 Å². The van der Waals surface area contributed by atoms with E-state index in [2.05, 4.69) is 5.32 Å². The van der Waals surface area contributed by atoms with Crippen LogP contribution in [0.1, 0.15) is 37.3 Å². The van der Waals surface area contributed by atoms with Gasteiger partial charge in [-0.3, -0.25) is 0 Å². The number of benzene rings is 1. The van der Waals surface area contributed by atoms with Crippen LogP contribution >= 0.6 is 0 Å². The second-order valence-electron chi connectivity index (χ2n) is 4.40. The fraction of sp³-hybridized carbons (Fsp3) is 0.500. The van der Waals surface area contributed by atoms with Crippen molar-refractivity contribution in [3.8, 4) is 0 Å². The molecular weight excluding hydrogens is 215 g/mol. The lowest BCUT2D eigenvalue weighted by Crippen LogP contribution is -2.34. The molecule has 1 N–H and O–H groups in total. The minimum absolute atomic E-state index is 0.119. The van der Waals surface area contributed by atoms with Crippen molar-refractivity contribution in [2.24, 2.45) is 0 Å². The molecule has 1 saturated heterocycles. The van der Waals surface area contributed by atoms with E-state index in [1.165, 1.54) is 6.07 Å². The van der Waals surface area contributed by atoms with Gasteiger partial charge in [0.2, 0.25) is 0 Å². The highest BCUT2D eigenvalue weighted by Gasteiger charge is 2.33. The van der Waals surface area contributed by atoms with Gasteiger partial charge in [-0.05, 0) is 38.4 Å². The summed E-state index contributed by atoms with van der Waals surface area (Å²) < 4.78 is 38.7. The predicted octanol–water partition coefficient (Wildman–Crippen LogP) is 3.36. The van der Waals surface area contributed by atoms with Crippen LogP contribution in [0.2, 0.25) is 0 Å². The van der Waals surface area contributed by atoms with Gasteiger partial charge < -0.3 is 5.32 Å². The zero-order chi connectivity index (χ0) is 11.8. The maximum absolute atomic E-state index is 13.6. The molecule has 1 aliphatic rings. The van der Waals surface area contributed by atoms with E-state index in [9.17, 15) is 13.2 Å². The summed E-state index contributed by atoms with van der Waals surface area (Å²) in [7, 11) is 0. The van der Waals surface area contributed by atoms with Crippen LogP contribution in [-0.2, 0) is 5.54 Å². The number of alkyl halides is 2. The van der Waals surface area contributed by atoms with Crippen molar-refractivity contribution in [3.63, 3.8) is 0 Å². The molecule has 0 spiro atoms. The molecule has 4 heteroatoms. The molecule has 16 heavy (non-hydrogen) atoms. The lowest BCUT2D eigenvalue weighted by Gasteiger charge is -2.26. The molecule has 1 nitrogen and oxygen atoms in total. The Hall–Kier alpha value is -1.03. The fourth-order valence-electron chi connectivity index (χ4n) is 2.23. The fourth-order valence-corrected chi connectivity index (χ4v) is 2.23. The van der Waals surface area contributed by atoms with Crippen LogP contribution in [0.5, 0.6) is 0 Å². The highest BCUT2D eigenvalue weighted by Crippen LogP contribution is 2.34. The van der Waals surface area contributed by atoms with E-state index >= 15 is 0 Å². The molecule has 0 radical (unpaired) electrons. The van der Waals surface area contributed by atoms with Crippen LogP contribution < -0.4 is 5.32 Å². The van der Waals surface area contributed by atoms with E-state index in [-0.39, 0.29) is 5.56 Å². The Bertz CT molecular complexity index is 384. The van der Waals surface area contributed by atoms with Gasteiger partial charge >= 0.3 is 0 Å². The number of hydrogen-bond acceptors (Lipinski definition) is 1. The topological polar surface area (TPSA) is 12.0 Å². The SMILES string of the molecule is CC1(c2cc(C(F)F)ccc2F)CCCN1. The highest BCUT2D eigenvalue weighted by atomic mass is 19.3. The third kappa shape index (κ3) is 1.94. The zero-order valence-electron chi connectivity index (χ0n) is 9.06. The van der Waals surface area contributed by atoms with Crippen molar-refractivity contribution in [1.82, 2.24) is 5.32 Å². The van der Waals surface area contributed by atoms with Crippen molar-refractivity contribution >= 4 is 0 Å². The molecule has 1 aromatic carbocycles. The van der Waals surface area contributed by atoms with E-state index in [0.717, 1.165) is 31.5 Å². The Morgan fingerprint density at radius 3 is 2.69 bits per heavy atom. The van der Waals surface area contributed by atoms with Gasteiger partial charge in [0.05, 0.1) is 0 Å². The second kappa shape index (κ2) is 4.09. The minimum Gasteiger partial charge on any atom is -0.308 e. The minimum atomic E-state index is -2.55. The van der Waals surface area contributed by atoms with E-state index in [1.54, 1.807) is 0 Å². The van der Waals surface area contributed by atoms with Crippen LogP contribution in [0.15, 0.2) is 18.2 Å². The molecule has 0 saturated carbocycles. The summed E-state index contributed by atoms with van der Waals surface area (Å²) in [6.07, 6.45) is -0.838. The lowest BCUT2D eigenvalue weighted by atomic mass is 9.89. The smallest absolute Gasteiger partial charge is 0.263 e. The highest BCUT2D eigenvalue weighted by molar-refractivity contribution is 5.32. The largest absolute Gasteiger partial charge is 0.308 e. The first kappa shape index (κ1) is 11.5. The van der Waals surface area contributed by atoms with Crippen LogP contribution in [0.25, 0.3) is 0 Å². The molecule has 0 aromatic heterocycles. The Morgan fingerprint density at radius 2 is 2.12 bits per heavy atom. The molecule has 1 aliphatic heterocycles. The van der Waals surface area contributed by atoms with Crippen LogP contribution in [-0.4, -0.2) is 6.54 Å². The molecule has 1 aromatic rings. The average Bonchev–Trinajstić information content (AvgIpc) is 2.66. The molecule has 1 heterocycles.